The summed E-state index contributed by atoms with van der Waals surface area (Å²) in [5.74, 6) is 0.571. The van der Waals surface area contributed by atoms with Gasteiger partial charge in [0.2, 0.25) is 0 Å². The van der Waals surface area contributed by atoms with Crippen LogP contribution in [0.15, 0.2) is 12.3 Å². The Balaban J connectivity index is 3.10. The molecule has 0 N–H and O–H groups in total. The van der Waals surface area contributed by atoms with Gasteiger partial charge in [-0.2, -0.15) is 12.6 Å². The molecule has 0 aromatic carbocycles. The van der Waals surface area contributed by atoms with E-state index >= 15 is 0 Å². The van der Waals surface area contributed by atoms with Crippen LogP contribution in [-0.4, -0.2) is 2.78 Å². The van der Waals surface area contributed by atoms with Crippen molar-refractivity contribution in [3.8, 4) is 0 Å². The van der Waals surface area contributed by atoms with Crippen LogP contribution in [0, 0.1) is 0 Å². The average Bonchev–Trinajstić information content (AvgIpc) is 2.29. The van der Waals surface area contributed by atoms with Gasteiger partial charge in [0.15, 0.2) is 0 Å². The fourth-order valence-corrected chi connectivity index (χ4v) is 2.32. The Kier molecular flexibility index (Phi) is 3.38. The zero-order valence-electron chi connectivity index (χ0n) is 8.50. The monoisotopic (exact) mass is 309 g/mol. The summed E-state index contributed by atoms with van der Waals surface area (Å²) in [6.45, 7) is 8.65. The molecule has 0 bridgehead atoms. The molecule has 0 fully saturated rings. The SMILES string of the molecule is CC(C)c1cc(C(C)(C)S)cn1I. The van der Waals surface area contributed by atoms with Crippen LogP contribution in [0.5, 0.6) is 0 Å². The van der Waals surface area contributed by atoms with E-state index in [9.17, 15) is 0 Å². The van der Waals surface area contributed by atoms with Crippen molar-refractivity contribution in [2.75, 3.05) is 0 Å². The molecule has 13 heavy (non-hydrogen) atoms. The molecule has 0 atom stereocenters. The number of nitrogens with zero attached hydrogens (tertiary/aromatic N) is 1. The first kappa shape index (κ1) is 11.4. The lowest BCUT2D eigenvalue weighted by Crippen LogP contribution is -2.05. The van der Waals surface area contributed by atoms with Gasteiger partial charge in [0.1, 0.15) is 0 Å². The third-order valence-corrected chi connectivity index (χ3v) is 3.19. The molecular formula is C10H16INS. The van der Waals surface area contributed by atoms with E-state index in [0.29, 0.717) is 5.92 Å². The second-order valence-corrected chi connectivity index (χ2v) is 6.34. The van der Waals surface area contributed by atoms with E-state index in [4.69, 9.17) is 0 Å². The predicted molar refractivity (Wildman–Crippen MR) is 70.0 cm³/mol. The van der Waals surface area contributed by atoms with E-state index in [0.717, 1.165) is 0 Å². The Bertz CT molecular complexity index is 296. The van der Waals surface area contributed by atoms with Crippen molar-refractivity contribution in [3.05, 3.63) is 23.5 Å². The molecule has 0 aliphatic carbocycles. The molecule has 0 radical (unpaired) electrons. The minimum Gasteiger partial charge on any atom is -0.294 e. The minimum absolute atomic E-state index is 0.0416. The molecule has 0 amide bonds. The largest absolute Gasteiger partial charge is 0.294 e. The lowest BCUT2D eigenvalue weighted by Gasteiger charge is -2.14. The normalized spacial score (nSPS) is 12.5. The quantitative estimate of drug-likeness (QED) is 0.623. The second-order valence-electron chi connectivity index (χ2n) is 4.18. The van der Waals surface area contributed by atoms with Crippen LogP contribution >= 0.6 is 35.5 Å². The maximum Gasteiger partial charge on any atom is 0.0637 e. The average molecular weight is 309 g/mol. The van der Waals surface area contributed by atoms with Gasteiger partial charge in [-0.3, -0.25) is 2.78 Å². The Labute approximate surface area is 99.8 Å². The van der Waals surface area contributed by atoms with Crippen LogP contribution in [0.4, 0.5) is 0 Å². The Morgan fingerprint density at radius 2 is 2.00 bits per heavy atom. The van der Waals surface area contributed by atoms with Crippen molar-refractivity contribution in [2.45, 2.75) is 38.4 Å². The summed E-state index contributed by atoms with van der Waals surface area (Å²) in [5, 5.41) is 0. The van der Waals surface area contributed by atoms with Gasteiger partial charge in [0.05, 0.1) is 22.9 Å². The molecule has 1 heterocycles. The summed E-state index contributed by atoms with van der Waals surface area (Å²) in [4.78, 5) is 0. The predicted octanol–water partition coefficient (Wildman–Crippen LogP) is 3.97. The lowest BCUT2D eigenvalue weighted by molar-refractivity contribution is 0.791. The van der Waals surface area contributed by atoms with Gasteiger partial charge in [-0.15, -0.1) is 0 Å². The molecule has 1 aromatic rings. The molecule has 74 valence electrons. The van der Waals surface area contributed by atoms with Crippen molar-refractivity contribution in [1.82, 2.24) is 2.78 Å². The van der Waals surface area contributed by atoms with Crippen molar-refractivity contribution < 1.29 is 0 Å². The van der Waals surface area contributed by atoms with E-state index < -0.39 is 0 Å². The van der Waals surface area contributed by atoms with E-state index in [1.165, 1.54) is 11.3 Å². The van der Waals surface area contributed by atoms with Gasteiger partial charge >= 0.3 is 0 Å². The minimum atomic E-state index is -0.0416. The Morgan fingerprint density at radius 3 is 2.23 bits per heavy atom. The van der Waals surface area contributed by atoms with Crippen molar-refractivity contribution in [2.24, 2.45) is 0 Å². The van der Waals surface area contributed by atoms with Gasteiger partial charge < -0.3 is 0 Å². The van der Waals surface area contributed by atoms with E-state index in [2.05, 4.69) is 78.2 Å². The standard InChI is InChI=1S/C10H16INS/c1-7(2)9-5-8(6-12(9)11)10(3,4)13/h5-7,13H,1-4H3. The fraction of sp³-hybridized carbons (Fsp3) is 0.600. The molecule has 0 saturated heterocycles. The molecule has 1 rings (SSSR count). The maximum absolute atomic E-state index is 4.56. The van der Waals surface area contributed by atoms with Crippen LogP contribution in [0.1, 0.15) is 44.9 Å². The van der Waals surface area contributed by atoms with Crippen LogP contribution in [0.25, 0.3) is 0 Å². The van der Waals surface area contributed by atoms with E-state index in [-0.39, 0.29) is 4.75 Å². The number of thiol groups is 1. The van der Waals surface area contributed by atoms with Gasteiger partial charge in [0.25, 0.3) is 0 Å². The van der Waals surface area contributed by atoms with Gasteiger partial charge in [-0.1, -0.05) is 13.8 Å². The topological polar surface area (TPSA) is 4.93 Å². The molecule has 0 aliphatic rings. The molecule has 0 unspecified atom stereocenters. The highest BCUT2D eigenvalue weighted by Gasteiger charge is 2.18. The van der Waals surface area contributed by atoms with Crippen molar-refractivity contribution in [3.63, 3.8) is 0 Å². The van der Waals surface area contributed by atoms with E-state index in [1.807, 2.05) is 0 Å². The summed E-state index contributed by atoms with van der Waals surface area (Å²) in [5.41, 5.74) is 2.65. The second kappa shape index (κ2) is 3.85. The molecular weight excluding hydrogens is 293 g/mol. The summed E-state index contributed by atoms with van der Waals surface area (Å²) in [6.07, 6.45) is 2.16. The Morgan fingerprint density at radius 1 is 1.46 bits per heavy atom. The number of aromatic nitrogens is 1. The number of hydrogen-bond donors (Lipinski definition) is 1. The highest BCUT2D eigenvalue weighted by Crippen LogP contribution is 2.31. The summed E-state index contributed by atoms with van der Waals surface area (Å²) in [7, 11) is 0. The molecule has 0 spiro atoms. The molecule has 0 saturated carbocycles. The molecule has 1 aromatic heterocycles. The fourth-order valence-electron chi connectivity index (χ4n) is 1.20. The smallest absolute Gasteiger partial charge is 0.0637 e. The Hall–Kier alpha value is 0.360. The maximum atomic E-state index is 4.56. The zero-order valence-corrected chi connectivity index (χ0v) is 11.6. The van der Waals surface area contributed by atoms with Crippen molar-refractivity contribution >= 4 is 35.5 Å². The van der Waals surface area contributed by atoms with Crippen LogP contribution in [0.3, 0.4) is 0 Å². The summed E-state index contributed by atoms with van der Waals surface area (Å²) < 4.78 is 2.12. The molecule has 1 nitrogen and oxygen atoms in total. The highest BCUT2D eigenvalue weighted by atomic mass is 127. The molecule has 0 aliphatic heterocycles. The van der Waals surface area contributed by atoms with E-state index in [1.54, 1.807) is 0 Å². The first-order valence-corrected chi connectivity index (χ1v) is 5.85. The molecule has 3 heteroatoms. The van der Waals surface area contributed by atoms with Crippen molar-refractivity contribution in [1.29, 1.82) is 0 Å². The number of halogens is 1. The lowest BCUT2D eigenvalue weighted by atomic mass is 10.0. The van der Waals surface area contributed by atoms with Crippen LogP contribution in [0.2, 0.25) is 0 Å². The van der Waals surface area contributed by atoms with Gasteiger partial charge in [-0.25, -0.2) is 0 Å². The van der Waals surface area contributed by atoms with Crippen LogP contribution in [-0.2, 0) is 4.75 Å². The zero-order chi connectivity index (χ0) is 10.2. The van der Waals surface area contributed by atoms with Crippen LogP contribution < -0.4 is 0 Å². The third kappa shape index (κ3) is 2.65. The summed E-state index contributed by atoms with van der Waals surface area (Å²) in [6, 6.07) is 2.24. The third-order valence-electron chi connectivity index (χ3n) is 2.10. The summed E-state index contributed by atoms with van der Waals surface area (Å²) >= 11 is 6.88. The van der Waals surface area contributed by atoms with Gasteiger partial charge in [0, 0.05) is 16.6 Å². The highest BCUT2D eigenvalue weighted by molar-refractivity contribution is 14.1. The first-order valence-electron chi connectivity index (χ1n) is 4.43. The number of rotatable bonds is 2. The number of hydrogen-bond acceptors (Lipinski definition) is 1. The van der Waals surface area contributed by atoms with Gasteiger partial charge in [-0.05, 0) is 31.4 Å². The first-order chi connectivity index (χ1) is 5.82.